The molecule has 2 atom stereocenters. The number of halogens is 3. The zero-order chi connectivity index (χ0) is 24.3. The average Bonchev–Trinajstić information content (AvgIpc) is 3.43. The second kappa shape index (κ2) is 10.2. The van der Waals surface area contributed by atoms with E-state index in [0.29, 0.717) is 46.4 Å². The first-order valence-corrected chi connectivity index (χ1v) is 12.3. The highest BCUT2D eigenvalue weighted by Gasteiger charge is 2.29. The lowest BCUT2D eigenvalue weighted by atomic mass is 10.1. The second-order valence-electron chi connectivity index (χ2n) is 7.27. The first kappa shape index (κ1) is 24.4. The van der Waals surface area contributed by atoms with Crippen LogP contribution in [0, 0.1) is 0 Å². The van der Waals surface area contributed by atoms with Crippen LogP contribution < -0.4 is 4.74 Å². The predicted molar refractivity (Wildman–Crippen MR) is 124 cm³/mol. The molecule has 0 amide bonds. The van der Waals surface area contributed by atoms with Crippen molar-refractivity contribution >= 4 is 44.4 Å². The zero-order valence-corrected chi connectivity index (χ0v) is 19.8. The molecule has 0 fully saturated rings. The molecule has 2 unspecified atom stereocenters. The van der Waals surface area contributed by atoms with E-state index in [4.69, 9.17) is 9.47 Å². The molecule has 0 N–H and O–H groups in total. The first-order valence-electron chi connectivity index (χ1n) is 10.2. The number of hydrogen-bond acceptors (Lipinski definition) is 9. The van der Waals surface area contributed by atoms with Crippen molar-refractivity contribution in [1.29, 1.82) is 0 Å². The summed E-state index contributed by atoms with van der Waals surface area (Å²) in [4.78, 5) is 22.6. The van der Waals surface area contributed by atoms with Gasteiger partial charge in [-0.3, -0.25) is 14.2 Å². The molecule has 3 aromatic rings. The molecule has 0 saturated carbocycles. The number of rotatable bonds is 9. The Labute approximate surface area is 199 Å². The molecule has 180 valence electrons. The quantitative estimate of drug-likeness (QED) is 0.396. The molecule has 3 heterocycles. The monoisotopic (exact) mass is 511 g/mol. The van der Waals surface area contributed by atoms with E-state index >= 15 is 0 Å². The number of ether oxygens (including phenoxy) is 2. The van der Waals surface area contributed by atoms with Crippen LogP contribution in [0.5, 0.6) is 5.75 Å². The van der Waals surface area contributed by atoms with E-state index in [1.54, 1.807) is 44.5 Å². The molecule has 1 aromatic carbocycles. The van der Waals surface area contributed by atoms with E-state index in [2.05, 4.69) is 24.9 Å². The molecule has 0 spiro atoms. The van der Waals surface area contributed by atoms with Gasteiger partial charge in [0.2, 0.25) is 0 Å². The summed E-state index contributed by atoms with van der Waals surface area (Å²) < 4.78 is 61.1. The van der Waals surface area contributed by atoms with E-state index < -0.39 is 35.3 Å². The third-order valence-electron chi connectivity index (χ3n) is 4.65. The minimum absolute atomic E-state index is 0.0639. The lowest BCUT2D eigenvalue weighted by molar-refractivity contribution is -0.129. The topological polar surface area (TPSA) is 98.9 Å². The molecule has 1 aliphatic heterocycles. The van der Waals surface area contributed by atoms with Crippen LogP contribution in [-0.2, 0) is 15.5 Å². The second-order valence-corrected chi connectivity index (χ2v) is 9.99. The van der Waals surface area contributed by atoms with Gasteiger partial charge in [-0.05, 0) is 19.1 Å². The molecule has 8 nitrogen and oxygen atoms in total. The number of hydrogen-bond donors (Lipinski definition) is 0. The van der Waals surface area contributed by atoms with Crippen molar-refractivity contribution in [2.45, 2.75) is 30.0 Å². The molecule has 0 radical (unpaired) electrons. The van der Waals surface area contributed by atoms with Gasteiger partial charge in [0.15, 0.2) is 16.3 Å². The summed E-state index contributed by atoms with van der Waals surface area (Å²) >= 11 is 0.982. The smallest absolute Gasteiger partial charge is 0.390 e. The maximum Gasteiger partial charge on any atom is 0.390 e. The summed E-state index contributed by atoms with van der Waals surface area (Å²) in [6.45, 7) is 2.58. The Balaban J connectivity index is 1.76. The molecule has 0 bridgehead atoms. The third kappa shape index (κ3) is 5.83. The molecular formula is C21H20F3N5O3S2. The number of thiazole rings is 1. The molecule has 2 aromatic heterocycles. The van der Waals surface area contributed by atoms with Crippen LogP contribution in [0.4, 0.5) is 13.2 Å². The number of methoxy groups -OCH3 is 1. The largest absolute Gasteiger partial charge is 0.491 e. The Morgan fingerprint density at radius 3 is 2.71 bits per heavy atom. The fraction of sp³-hybridized carbons (Fsp3) is 0.381. The summed E-state index contributed by atoms with van der Waals surface area (Å²) in [6, 6.07) is 7.15. The van der Waals surface area contributed by atoms with Crippen molar-refractivity contribution < 1.29 is 26.9 Å². The van der Waals surface area contributed by atoms with Crippen LogP contribution >= 0.6 is 11.3 Å². The SMILES string of the molecule is COCCOc1cccc(-c2nc(C3N=CC(C)=N3)nc3sc(S(=O)CCC(F)(F)F)nc23)c1. The Bertz CT molecular complexity index is 1280. The standard InChI is InChI=1S/C21H20F3N5O3S2/c1-12-11-25-17(26-12)18-27-15(13-4-3-5-14(10-13)32-8-7-31-2)16-19(29-18)33-20(28-16)34(30)9-6-21(22,23)24/h3-5,10-11,17H,6-9H2,1-2H3. The van der Waals surface area contributed by atoms with Gasteiger partial charge in [-0.25, -0.2) is 15.0 Å². The van der Waals surface area contributed by atoms with Gasteiger partial charge in [-0.2, -0.15) is 13.2 Å². The van der Waals surface area contributed by atoms with Crippen LogP contribution in [0.1, 0.15) is 25.3 Å². The number of aromatic nitrogens is 3. The summed E-state index contributed by atoms with van der Waals surface area (Å²) in [5.74, 6) is 0.329. The number of nitrogens with zero attached hydrogens (tertiary/aromatic N) is 5. The average molecular weight is 512 g/mol. The zero-order valence-electron chi connectivity index (χ0n) is 18.2. The number of fused-ring (bicyclic) bond motifs is 1. The summed E-state index contributed by atoms with van der Waals surface area (Å²) in [5, 5.41) is 0. The van der Waals surface area contributed by atoms with Gasteiger partial charge in [-0.15, -0.1) is 0 Å². The molecule has 0 aliphatic carbocycles. The minimum Gasteiger partial charge on any atom is -0.491 e. The maximum absolute atomic E-state index is 12.6. The number of benzene rings is 1. The Kier molecular flexibility index (Phi) is 7.33. The molecule has 34 heavy (non-hydrogen) atoms. The van der Waals surface area contributed by atoms with Crippen LogP contribution in [0.2, 0.25) is 0 Å². The highest BCUT2D eigenvalue weighted by Crippen LogP contribution is 2.34. The summed E-state index contributed by atoms with van der Waals surface area (Å²) in [6.07, 6.45) is -4.58. The van der Waals surface area contributed by atoms with Gasteiger partial charge in [0, 0.05) is 24.6 Å². The van der Waals surface area contributed by atoms with Gasteiger partial charge in [0.1, 0.15) is 28.4 Å². The van der Waals surface area contributed by atoms with E-state index in [1.165, 1.54) is 0 Å². The Morgan fingerprint density at radius 2 is 2.00 bits per heavy atom. The van der Waals surface area contributed by atoms with Crippen molar-refractivity contribution in [3.63, 3.8) is 0 Å². The first-order chi connectivity index (χ1) is 16.2. The molecule has 1 aliphatic rings. The van der Waals surface area contributed by atoms with E-state index in [0.717, 1.165) is 17.0 Å². The van der Waals surface area contributed by atoms with Crippen molar-refractivity contribution in [1.82, 2.24) is 15.0 Å². The fourth-order valence-corrected chi connectivity index (χ4v) is 5.39. The highest BCUT2D eigenvalue weighted by atomic mass is 32.2. The van der Waals surface area contributed by atoms with Crippen LogP contribution in [0.3, 0.4) is 0 Å². The Hall–Kier alpha value is -2.77. The molecule has 4 rings (SSSR count). The van der Waals surface area contributed by atoms with Gasteiger partial charge in [-0.1, -0.05) is 23.5 Å². The maximum atomic E-state index is 12.6. The molecule has 13 heteroatoms. The van der Waals surface area contributed by atoms with E-state index in [-0.39, 0.29) is 4.34 Å². The number of alkyl halides is 3. The van der Waals surface area contributed by atoms with Gasteiger partial charge < -0.3 is 9.47 Å². The van der Waals surface area contributed by atoms with Crippen molar-refractivity contribution in [3.8, 4) is 17.0 Å². The lowest BCUT2D eigenvalue weighted by Gasteiger charge is -2.10. The van der Waals surface area contributed by atoms with E-state index in [9.17, 15) is 17.4 Å². The fourth-order valence-electron chi connectivity index (χ4n) is 3.07. The van der Waals surface area contributed by atoms with Crippen molar-refractivity contribution in [2.24, 2.45) is 9.98 Å². The molecular weight excluding hydrogens is 491 g/mol. The molecule has 0 saturated heterocycles. The van der Waals surface area contributed by atoms with Gasteiger partial charge >= 0.3 is 6.18 Å². The van der Waals surface area contributed by atoms with Gasteiger partial charge in [0.25, 0.3) is 0 Å². The van der Waals surface area contributed by atoms with E-state index in [1.807, 2.05) is 0 Å². The third-order valence-corrected chi connectivity index (χ3v) is 7.25. The van der Waals surface area contributed by atoms with Crippen LogP contribution in [0.25, 0.3) is 21.6 Å². The highest BCUT2D eigenvalue weighted by molar-refractivity contribution is 7.87. The van der Waals surface area contributed by atoms with Crippen molar-refractivity contribution in [3.05, 3.63) is 30.1 Å². The van der Waals surface area contributed by atoms with Gasteiger partial charge in [0.05, 0.1) is 29.5 Å². The lowest BCUT2D eigenvalue weighted by Crippen LogP contribution is -2.12. The summed E-state index contributed by atoms with van der Waals surface area (Å²) in [5.41, 5.74) is 2.16. The Morgan fingerprint density at radius 1 is 1.18 bits per heavy atom. The van der Waals surface area contributed by atoms with Crippen molar-refractivity contribution in [2.75, 3.05) is 26.1 Å². The normalized spacial score (nSPS) is 16.7. The minimum atomic E-state index is -4.40. The summed E-state index contributed by atoms with van der Waals surface area (Å²) in [7, 11) is -0.351. The number of aliphatic imine (C=N–C) groups is 2. The van der Waals surface area contributed by atoms with Crippen LogP contribution in [-0.4, -0.2) is 63.3 Å². The predicted octanol–water partition coefficient (Wildman–Crippen LogP) is 4.38. The van der Waals surface area contributed by atoms with Crippen LogP contribution in [0.15, 0.2) is 38.6 Å².